The Bertz CT molecular complexity index is 682. The van der Waals surface area contributed by atoms with Crippen LogP contribution in [-0.2, 0) is 6.42 Å². The molecule has 0 saturated heterocycles. The predicted octanol–water partition coefficient (Wildman–Crippen LogP) is 4.18. The number of benzene rings is 2. The summed E-state index contributed by atoms with van der Waals surface area (Å²) >= 11 is 3.16. The lowest BCUT2D eigenvalue weighted by atomic mass is 10.1. The van der Waals surface area contributed by atoms with Gasteiger partial charge >= 0.3 is 0 Å². The van der Waals surface area contributed by atoms with Crippen molar-refractivity contribution in [3.63, 3.8) is 0 Å². The molecule has 0 bridgehead atoms. The van der Waals surface area contributed by atoms with Crippen LogP contribution in [0.4, 0.5) is 10.1 Å². The summed E-state index contributed by atoms with van der Waals surface area (Å²) in [7, 11) is 1.61. The van der Waals surface area contributed by atoms with Crippen LogP contribution in [-0.4, -0.2) is 19.6 Å². The van der Waals surface area contributed by atoms with E-state index in [1.807, 2.05) is 24.3 Å². The fourth-order valence-electron chi connectivity index (χ4n) is 1.89. The molecule has 0 unspecified atom stereocenters. The SMILES string of the molecule is COc1cccc(NC(N)=NCCc2ccc(F)c(Br)c2)c1.I. The fourth-order valence-corrected chi connectivity index (χ4v) is 2.32. The third-order valence-corrected chi connectivity index (χ3v) is 3.62. The number of hydrogen-bond acceptors (Lipinski definition) is 2. The van der Waals surface area contributed by atoms with Crippen LogP contribution in [0.25, 0.3) is 0 Å². The highest BCUT2D eigenvalue weighted by Gasteiger charge is 2.01. The van der Waals surface area contributed by atoms with Crippen LogP contribution in [0.5, 0.6) is 5.75 Å². The van der Waals surface area contributed by atoms with Gasteiger partial charge in [0.2, 0.25) is 0 Å². The van der Waals surface area contributed by atoms with Gasteiger partial charge in [-0.2, -0.15) is 0 Å². The van der Waals surface area contributed by atoms with Crippen molar-refractivity contribution in [1.82, 2.24) is 0 Å². The molecular formula is C16H18BrFIN3O. The number of guanidine groups is 1. The van der Waals surface area contributed by atoms with Crippen LogP contribution in [0.1, 0.15) is 5.56 Å². The monoisotopic (exact) mass is 493 g/mol. The molecule has 7 heteroatoms. The summed E-state index contributed by atoms with van der Waals surface area (Å²) in [5.41, 5.74) is 7.65. The summed E-state index contributed by atoms with van der Waals surface area (Å²) in [5.74, 6) is 0.801. The zero-order valence-electron chi connectivity index (χ0n) is 12.6. The molecule has 0 amide bonds. The van der Waals surface area contributed by atoms with Crippen molar-refractivity contribution in [3.05, 3.63) is 58.3 Å². The Labute approximate surface area is 160 Å². The van der Waals surface area contributed by atoms with E-state index < -0.39 is 0 Å². The maximum atomic E-state index is 13.1. The number of anilines is 1. The Hall–Kier alpha value is -1.35. The zero-order valence-corrected chi connectivity index (χ0v) is 16.5. The molecule has 124 valence electrons. The second-order valence-electron chi connectivity index (χ2n) is 4.62. The Morgan fingerprint density at radius 1 is 1.30 bits per heavy atom. The predicted molar refractivity (Wildman–Crippen MR) is 106 cm³/mol. The van der Waals surface area contributed by atoms with Crippen molar-refractivity contribution < 1.29 is 9.13 Å². The molecule has 0 saturated carbocycles. The molecule has 0 aliphatic rings. The highest BCUT2D eigenvalue weighted by molar-refractivity contribution is 14.0. The minimum atomic E-state index is -0.272. The molecule has 0 radical (unpaired) electrons. The van der Waals surface area contributed by atoms with Crippen LogP contribution in [0.2, 0.25) is 0 Å². The van der Waals surface area contributed by atoms with E-state index in [4.69, 9.17) is 10.5 Å². The van der Waals surface area contributed by atoms with E-state index in [-0.39, 0.29) is 29.8 Å². The molecular weight excluding hydrogens is 476 g/mol. The first-order valence-electron chi connectivity index (χ1n) is 6.73. The first kappa shape index (κ1) is 19.7. The van der Waals surface area contributed by atoms with Gasteiger partial charge in [-0.25, -0.2) is 4.39 Å². The summed E-state index contributed by atoms with van der Waals surface area (Å²) in [4.78, 5) is 4.26. The zero-order chi connectivity index (χ0) is 15.9. The van der Waals surface area contributed by atoms with Crippen LogP contribution < -0.4 is 15.8 Å². The Morgan fingerprint density at radius 3 is 2.78 bits per heavy atom. The Morgan fingerprint density at radius 2 is 2.09 bits per heavy atom. The van der Waals surface area contributed by atoms with Crippen molar-refractivity contribution in [2.45, 2.75) is 6.42 Å². The summed E-state index contributed by atoms with van der Waals surface area (Å²) in [5, 5.41) is 3.00. The molecule has 0 fully saturated rings. The van der Waals surface area contributed by atoms with Crippen molar-refractivity contribution in [3.8, 4) is 5.75 Å². The van der Waals surface area contributed by atoms with Gasteiger partial charge in [0, 0.05) is 18.3 Å². The smallest absolute Gasteiger partial charge is 0.193 e. The van der Waals surface area contributed by atoms with Gasteiger partial charge in [-0.05, 0) is 52.2 Å². The number of rotatable bonds is 5. The second kappa shape index (κ2) is 9.71. The number of nitrogens with zero attached hydrogens (tertiary/aromatic N) is 1. The number of ether oxygens (including phenoxy) is 1. The van der Waals surface area contributed by atoms with Gasteiger partial charge in [-0.15, -0.1) is 24.0 Å². The maximum absolute atomic E-state index is 13.1. The van der Waals surface area contributed by atoms with Gasteiger partial charge < -0.3 is 15.8 Å². The van der Waals surface area contributed by atoms with Crippen molar-refractivity contribution >= 4 is 51.6 Å². The molecule has 3 N–H and O–H groups in total. The van der Waals surface area contributed by atoms with Gasteiger partial charge in [0.15, 0.2) is 5.96 Å². The van der Waals surface area contributed by atoms with Gasteiger partial charge in [0.1, 0.15) is 11.6 Å². The molecule has 0 aliphatic heterocycles. The molecule has 2 aromatic carbocycles. The molecule has 2 aromatic rings. The first-order chi connectivity index (χ1) is 10.6. The second-order valence-corrected chi connectivity index (χ2v) is 5.48. The average Bonchev–Trinajstić information content (AvgIpc) is 2.51. The molecule has 0 atom stereocenters. The number of nitrogens with one attached hydrogen (secondary N) is 1. The highest BCUT2D eigenvalue weighted by atomic mass is 127. The summed E-state index contributed by atoms with van der Waals surface area (Å²) < 4.78 is 18.7. The minimum Gasteiger partial charge on any atom is -0.497 e. The quantitative estimate of drug-likeness (QED) is 0.373. The van der Waals surface area contributed by atoms with Gasteiger partial charge in [0.25, 0.3) is 0 Å². The van der Waals surface area contributed by atoms with E-state index >= 15 is 0 Å². The summed E-state index contributed by atoms with van der Waals surface area (Å²) in [6.07, 6.45) is 0.680. The van der Waals surface area contributed by atoms with Gasteiger partial charge in [-0.3, -0.25) is 4.99 Å². The third-order valence-electron chi connectivity index (χ3n) is 3.01. The van der Waals surface area contributed by atoms with E-state index in [1.165, 1.54) is 6.07 Å². The minimum absolute atomic E-state index is 0. The van der Waals surface area contributed by atoms with E-state index in [2.05, 4.69) is 26.2 Å². The maximum Gasteiger partial charge on any atom is 0.193 e. The van der Waals surface area contributed by atoms with Crippen LogP contribution in [0.15, 0.2) is 51.9 Å². The number of halogens is 3. The van der Waals surface area contributed by atoms with Crippen LogP contribution in [0.3, 0.4) is 0 Å². The van der Waals surface area contributed by atoms with E-state index in [0.717, 1.165) is 17.0 Å². The fraction of sp³-hybridized carbons (Fsp3) is 0.188. The Kier molecular flexibility index (Phi) is 8.32. The van der Waals surface area contributed by atoms with E-state index in [9.17, 15) is 4.39 Å². The third kappa shape index (κ3) is 6.34. The largest absolute Gasteiger partial charge is 0.497 e. The Balaban J connectivity index is 0.00000264. The van der Waals surface area contributed by atoms with Crippen LogP contribution in [0, 0.1) is 5.82 Å². The van der Waals surface area contributed by atoms with Gasteiger partial charge in [-0.1, -0.05) is 12.1 Å². The first-order valence-corrected chi connectivity index (χ1v) is 7.52. The summed E-state index contributed by atoms with van der Waals surface area (Å²) in [6.45, 7) is 0.515. The van der Waals surface area contributed by atoms with Crippen LogP contribution >= 0.6 is 39.9 Å². The van der Waals surface area contributed by atoms with Crippen molar-refractivity contribution in [2.75, 3.05) is 19.0 Å². The molecule has 23 heavy (non-hydrogen) atoms. The lowest BCUT2D eigenvalue weighted by Gasteiger charge is -2.07. The molecule has 0 aromatic heterocycles. The molecule has 0 heterocycles. The number of hydrogen-bond donors (Lipinski definition) is 2. The molecule has 4 nitrogen and oxygen atoms in total. The highest BCUT2D eigenvalue weighted by Crippen LogP contribution is 2.17. The normalized spacial score (nSPS) is 10.8. The molecule has 0 aliphatic carbocycles. The lowest BCUT2D eigenvalue weighted by Crippen LogP contribution is -2.23. The van der Waals surface area contributed by atoms with Gasteiger partial charge in [0.05, 0.1) is 11.6 Å². The van der Waals surface area contributed by atoms with E-state index in [1.54, 1.807) is 19.2 Å². The molecule has 2 rings (SSSR count). The summed E-state index contributed by atoms with van der Waals surface area (Å²) in [6, 6.07) is 12.3. The molecule has 0 spiro atoms. The lowest BCUT2D eigenvalue weighted by molar-refractivity contribution is 0.415. The van der Waals surface area contributed by atoms with Crippen molar-refractivity contribution in [2.24, 2.45) is 10.7 Å². The average molecular weight is 494 g/mol. The number of methoxy groups -OCH3 is 1. The van der Waals surface area contributed by atoms with Crippen molar-refractivity contribution in [1.29, 1.82) is 0 Å². The standard InChI is InChI=1S/C16H17BrFN3O.HI/c1-22-13-4-2-3-12(10-13)21-16(19)20-8-7-11-5-6-15(18)14(17)9-11;/h2-6,9-10H,7-8H2,1H3,(H3,19,20,21);1H. The number of aliphatic imine (C=N–C) groups is 1. The number of nitrogens with two attached hydrogens (primary N) is 1. The topological polar surface area (TPSA) is 59.6 Å². The van der Waals surface area contributed by atoms with E-state index in [0.29, 0.717) is 23.4 Å².